The number of urea groups is 1. The van der Waals surface area contributed by atoms with E-state index in [1.807, 2.05) is 0 Å². The van der Waals surface area contributed by atoms with Gasteiger partial charge in [-0.3, -0.25) is 14.5 Å². The second kappa shape index (κ2) is 7.84. The Hall–Kier alpha value is -1.63. The lowest BCUT2D eigenvalue weighted by Crippen LogP contribution is -2.33. The van der Waals surface area contributed by atoms with Gasteiger partial charge in [-0.1, -0.05) is 0 Å². The Morgan fingerprint density at radius 1 is 1.40 bits per heavy atom. The molecule has 0 radical (unpaired) electrons. The van der Waals surface area contributed by atoms with Crippen LogP contribution >= 0.6 is 0 Å². The maximum atomic E-state index is 11.6. The van der Waals surface area contributed by atoms with Gasteiger partial charge < -0.3 is 15.3 Å². The van der Waals surface area contributed by atoms with Crippen LogP contribution in [-0.2, 0) is 9.59 Å². The third kappa shape index (κ3) is 5.16. The van der Waals surface area contributed by atoms with Crippen molar-refractivity contribution in [2.45, 2.75) is 38.7 Å². The summed E-state index contributed by atoms with van der Waals surface area (Å²) >= 11 is 0. The summed E-state index contributed by atoms with van der Waals surface area (Å²) < 4.78 is 0. The van der Waals surface area contributed by atoms with Crippen LogP contribution in [0, 0.1) is 0 Å². The summed E-state index contributed by atoms with van der Waals surface area (Å²) in [6.45, 7) is 2.64. The fraction of sp³-hybridized carbons (Fsp3) is 0.769. The largest absolute Gasteiger partial charge is 0.393 e. The van der Waals surface area contributed by atoms with Gasteiger partial charge in [0.2, 0.25) is 11.8 Å². The Balaban J connectivity index is 2.13. The van der Waals surface area contributed by atoms with Gasteiger partial charge in [0, 0.05) is 26.6 Å². The Morgan fingerprint density at radius 2 is 2.10 bits per heavy atom. The van der Waals surface area contributed by atoms with Crippen LogP contribution in [0.25, 0.3) is 0 Å². The molecule has 20 heavy (non-hydrogen) atoms. The smallest absolute Gasteiger partial charge is 0.326 e. The monoisotopic (exact) mass is 285 g/mol. The predicted molar refractivity (Wildman–Crippen MR) is 72.9 cm³/mol. The van der Waals surface area contributed by atoms with Gasteiger partial charge >= 0.3 is 6.03 Å². The lowest BCUT2D eigenvalue weighted by Gasteiger charge is -2.13. The maximum Gasteiger partial charge on any atom is 0.326 e. The average molecular weight is 285 g/mol. The van der Waals surface area contributed by atoms with Gasteiger partial charge in [0.1, 0.15) is 6.54 Å². The molecule has 0 aromatic heterocycles. The lowest BCUT2D eigenvalue weighted by atomic mass is 10.2. The summed E-state index contributed by atoms with van der Waals surface area (Å²) in [4.78, 5) is 37.1. The standard InChI is InChI=1S/C13H23N3O4/c1-10(17)5-3-7-14-11(18)6-4-8-16-12(19)9-15(2)13(16)20/h10,17H,3-9H2,1-2H3,(H,14,18). The van der Waals surface area contributed by atoms with Gasteiger partial charge in [-0.15, -0.1) is 0 Å². The van der Waals surface area contributed by atoms with Crippen molar-refractivity contribution in [1.29, 1.82) is 0 Å². The van der Waals surface area contributed by atoms with Gasteiger partial charge in [-0.2, -0.15) is 0 Å². The van der Waals surface area contributed by atoms with E-state index >= 15 is 0 Å². The van der Waals surface area contributed by atoms with E-state index in [4.69, 9.17) is 5.11 Å². The van der Waals surface area contributed by atoms with Crippen molar-refractivity contribution < 1.29 is 19.5 Å². The molecule has 1 aliphatic rings. The summed E-state index contributed by atoms with van der Waals surface area (Å²) in [7, 11) is 1.58. The van der Waals surface area contributed by atoms with E-state index in [1.54, 1.807) is 14.0 Å². The zero-order chi connectivity index (χ0) is 15.1. The summed E-state index contributed by atoms with van der Waals surface area (Å²) in [6, 6.07) is -0.299. The number of aliphatic hydroxyl groups excluding tert-OH is 1. The van der Waals surface area contributed by atoms with Gasteiger partial charge in [0.05, 0.1) is 6.10 Å². The number of hydrogen-bond acceptors (Lipinski definition) is 4. The minimum absolute atomic E-state index is 0.0944. The van der Waals surface area contributed by atoms with Crippen molar-refractivity contribution in [2.75, 3.05) is 26.7 Å². The molecule has 0 aromatic carbocycles. The number of aliphatic hydroxyl groups is 1. The number of hydrogen-bond donors (Lipinski definition) is 2. The van der Waals surface area contributed by atoms with Crippen LogP contribution in [0.4, 0.5) is 4.79 Å². The number of amides is 4. The van der Waals surface area contributed by atoms with E-state index in [0.717, 1.165) is 6.42 Å². The number of likely N-dealkylation sites (N-methyl/N-ethyl adjacent to an activating group) is 1. The van der Waals surface area contributed by atoms with Crippen LogP contribution in [-0.4, -0.2) is 65.5 Å². The number of rotatable bonds is 8. The lowest BCUT2D eigenvalue weighted by molar-refractivity contribution is -0.126. The maximum absolute atomic E-state index is 11.6. The highest BCUT2D eigenvalue weighted by molar-refractivity contribution is 6.01. The number of imide groups is 1. The van der Waals surface area contributed by atoms with Crippen molar-refractivity contribution >= 4 is 17.8 Å². The first-order valence-corrected chi connectivity index (χ1v) is 6.92. The molecule has 7 heteroatoms. The van der Waals surface area contributed by atoms with Crippen molar-refractivity contribution in [3.8, 4) is 0 Å². The van der Waals surface area contributed by atoms with Crippen molar-refractivity contribution in [1.82, 2.24) is 15.1 Å². The Bertz CT molecular complexity index is 371. The van der Waals surface area contributed by atoms with E-state index in [-0.39, 0.29) is 43.5 Å². The molecular weight excluding hydrogens is 262 g/mol. The Kier molecular flexibility index (Phi) is 6.44. The van der Waals surface area contributed by atoms with E-state index in [9.17, 15) is 14.4 Å². The highest BCUT2D eigenvalue weighted by Crippen LogP contribution is 2.09. The molecule has 0 aliphatic carbocycles. The third-order valence-electron chi connectivity index (χ3n) is 3.14. The molecule has 114 valence electrons. The van der Waals surface area contributed by atoms with Crippen molar-refractivity contribution in [3.63, 3.8) is 0 Å². The molecule has 0 spiro atoms. The molecule has 1 fully saturated rings. The van der Waals surface area contributed by atoms with Crippen LogP contribution in [0.3, 0.4) is 0 Å². The zero-order valence-electron chi connectivity index (χ0n) is 12.1. The topological polar surface area (TPSA) is 89.9 Å². The van der Waals surface area contributed by atoms with Gasteiger partial charge in [0.15, 0.2) is 0 Å². The Labute approximate surface area is 118 Å². The van der Waals surface area contributed by atoms with Gasteiger partial charge in [-0.05, 0) is 26.2 Å². The van der Waals surface area contributed by atoms with Crippen LogP contribution < -0.4 is 5.32 Å². The Morgan fingerprint density at radius 3 is 2.65 bits per heavy atom. The summed E-state index contributed by atoms with van der Waals surface area (Å²) in [6.07, 6.45) is 1.79. The molecule has 0 bridgehead atoms. The van der Waals surface area contributed by atoms with Crippen LogP contribution in [0.5, 0.6) is 0 Å². The van der Waals surface area contributed by atoms with Gasteiger partial charge in [0.25, 0.3) is 0 Å². The molecule has 7 nitrogen and oxygen atoms in total. The number of nitrogens with one attached hydrogen (secondary N) is 1. The molecule has 0 saturated carbocycles. The first-order chi connectivity index (χ1) is 9.41. The van der Waals surface area contributed by atoms with E-state index in [1.165, 1.54) is 9.80 Å². The zero-order valence-corrected chi connectivity index (χ0v) is 12.1. The number of nitrogens with zero attached hydrogens (tertiary/aromatic N) is 2. The van der Waals surface area contributed by atoms with E-state index < -0.39 is 0 Å². The highest BCUT2D eigenvalue weighted by atomic mass is 16.3. The van der Waals surface area contributed by atoms with E-state index in [2.05, 4.69) is 5.32 Å². The molecule has 0 aromatic rings. The minimum Gasteiger partial charge on any atom is -0.393 e. The molecule has 4 amide bonds. The first kappa shape index (κ1) is 16.4. The van der Waals surface area contributed by atoms with Crippen LogP contribution in [0.15, 0.2) is 0 Å². The fourth-order valence-electron chi connectivity index (χ4n) is 2.00. The highest BCUT2D eigenvalue weighted by Gasteiger charge is 2.32. The molecule has 1 aliphatic heterocycles. The van der Waals surface area contributed by atoms with Crippen LogP contribution in [0.1, 0.15) is 32.6 Å². The molecule has 1 unspecified atom stereocenters. The summed E-state index contributed by atoms with van der Waals surface area (Å²) in [5.74, 6) is -0.308. The SMILES string of the molecule is CC(O)CCCNC(=O)CCCN1C(=O)CN(C)C1=O. The second-order valence-corrected chi connectivity index (χ2v) is 5.13. The third-order valence-corrected chi connectivity index (χ3v) is 3.14. The quantitative estimate of drug-likeness (QED) is 0.483. The molecule has 2 N–H and O–H groups in total. The molecule has 1 atom stereocenters. The van der Waals surface area contributed by atoms with E-state index in [0.29, 0.717) is 19.4 Å². The summed E-state index contributed by atoms with van der Waals surface area (Å²) in [5.41, 5.74) is 0. The molecule has 1 saturated heterocycles. The van der Waals surface area contributed by atoms with Gasteiger partial charge in [-0.25, -0.2) is 4.79 Å². The number of carbonyl (C=O) groups is 3. The van der Waals surface area contributed by atoms with Crippen molar-refractivity contribution in [3.05, 3.63) is 0 Å². The second-order valence-electron chi connectivity index (χ2n) is 5.13. The molecule has 1 rings (SSSR count). The van der Waals surface area contributed by atoms with Crippen molar-refractivity contribution in [2.24, 2.45) is 0 Å². The number of carbonyl (C=O) groups excluding carboxylic acids is 3. The van der Waals surface area contributed by atoms with Crippen LogP contribution in [0.2, 0.25) is 0 Å². The summed E-state index contributed by atoms with van der Waals surface area (Å²) in [5, 5.41) is 11.8. The fourth-order valence-corrected chi connectivity index (χ4v) is 2.00. The predicted octanol–water partition coefficient (Wildman–Crippen LogP) is -0.0622. The minimum atomic E-state index is -0.351. The molecule has 1 heterocycles. The average Bonchev–Trinajstić information content (AvgIpc) is 2.61. The molecular formula is C13H23N3O4. The normalized spacial score (nSPS) is 16.8. The first-order valence-electron chi connectivity index (χ1n) is 6.92.